The third-order valence-corrected chi connectivity index (χ3v) is 5.71. The SMILES string of the molecule is CC1CCN(CC(=O)Nc2nc3c(s2)C[C@H](C)CC3)CC1. The van der Waals surface area contributed by atoms with E-state index in [4.69, 9.17) is 0 Å². The van der Waals surface area contributed by atoms with Crippen molar-refractivity contribution in [3.05, 3.63) is 10.6 Å². The van der Waals surface area contributed by atoms with Crippen LogP contribution in [0.1, 0.15) is 43.7 Å². The molecule has 0 aromatic carbocycles. The highest BCUT2D eigenvalue weighted by atomic mass is 32.1. The highest BCUT2D eigenvalue weighted by molar-refractivity contribution is 7.15. The molecule has 0 unspecified atom stereocenters. The van der Waals surface area contributed by atoms with Crippen LogP contribution in [0.25, 0.3) is 0 Å². The number of amides is 1. The summed E-state index contributed by atoms with van der Waals surface area (Å²) in [5, 5.41) is 3.80. The van der Waals surface area contributed by atoms with Gasteiger partial charge in [0.25, 0.3) is 0 Å². The first-order valence-corrected chi connectivity index (χ1v) is 8.92. The maximum absolute atomic E-state index is 12.2. The zero-order chi connectivity index (χ0) is 14.8. The van der Waals surface area contributed by atoms with Crippen molar-refractivity contribution in [3.8, 4) is 0 Å². The van der Waals surface area contributed by atoms with Crippen molar-refractivity contribution in [2.75, 3.05) is 25.0 Å². The highest BCUT2D eigenvalue weighted by Gasteiger charge is 2.22. The van der Waals surface area contributed by atoms with Crippen LogP contribution in [0.4, 0.5) is 5.13 Å². The molecule has 0 saturated carbocycles. The molecule has 0 bridgehead atoms. The third-order valence-electron chi connectivity index (χ3n) is 4.68. The molecule has 2 heterocycles. The Morgan fingerprint density at radius 3 is 2.81 bits per heavy atom. The molecule has 1 aromatic rings. The van der Waals surface area contributed by atoms with Crippen molar-refractivity contribution in [3.63, 3.8) is 0 Å². The van der Waals surface area contributed by atoms with Gasteiger partial charge in [0, 0.05) is 4.88 Å². The lowest BCUT2D eigenvalue weighted by molar-refractivity contribution is -0.117. The standard InChI is InChI=1S/C16H25N3OS/c1-11-5-7-19(8-6-11)10-15(20)18-16-17-13-4-3-12(2)9-14(13)21-16/h11-12H,3-10H2,1-2H3,(H,17,18,20)/t12-/m1/s1. The smallest absolute Gasteiger partial charge is 0.240 e. The van der Waals surface area contributed by atoms with Crippen molar-refractivity contribution >= 4 is 22.4 Å². The summed E-state index contributed by atoms with van der Waals surface area (Å²) in [5.41, 5.74) is 1.21. The Kier molecular flexibility index (Phi) is 4.60. The number of hydrogen-bond acceptors (Lipinski definition) is 4. The average molecular weight is 307 g/mol. The molecule has 1 atom stereocenters. The lowest BCUT2D eigenvalue weighted by atomic mass is 9.93. The number of likely N-dealkylation sites (tertiary alicyclic amines) is 1. The number of thiazole rings is 1. The molecular weight excluding hydrogens is 282 g/mol. The van der Waals surface area contributed by atoms with Crippen LogP contribution in [-0.4, -0.2) is 35.4 Å². The first-order valence-electron chi connectivity index (χ1n) is 8.11. The quantitative estimate of drug-likeness (QED) is 0.934. The van der Waals surface area contributed by atoms with E-state index in [9.17, 15) is 4.79 Å². The van der Waals surface area contributed by atoms with Crippen molar-refractivity contribution in [1.82, 2.24) is 9.88 Å². The zero-order valence-corrected chi connectivity index (χ0v) is 13.8. The van der Waals surface area contributed by atoms with Crippen LogP contribution in [0.15, 0.2) is 0 Å². The topological polar surface area (TPSA) is 45.2 Å². The van der Waals surface area contributed by atoms with Gasteiger partial charge in [-0.2, -0.15) is 0 Å². The number of hydrogen-bond donors (Lipinski definition) is 1. The Morgan fingerprint density at radius 1 is 1.29 bits per heavy atom. The fraction of sp³-hybridized carbons (Fsp3) is 0.750. The number of carbonyl (C=O) groups is 1. The van der Waals surface area contributed by atoms with Crippen LogP contribution in [0, 0.1) is 11.8 Å². The van der Waals surface area contributed by atoms with Crippen molar-refractivity contribution in [1.29, 1.82) is 0 Å². The predicted octanol–water partition coefficient (Wildman–Crippen LogP) is 2.94. The number of nitrogens with zero attached hydrogens (tertiary/aromatic N) is 2. The second kappa shape index (κ2) is 6.44. The molecular formula is C16H25N3OS. The minimum Gasteiger partial charge on any atom is -0.301 e. The van der Waals surface area contributed by atoms with Gasteiger partial charge in [-0.15, -0.1) is 11.3 Å². The molecule has 0 spiro atoms. The van der Waals surface area contributed by atoms with E-state index in [1.165, 1.54) is 29.8 Å². The van der Waals surface area contributed by atoms with Gasteiger partial charge in [-0.1, -0.05) is 13.8 Å². The molecule has 0 radical (unpaired) electrons. The minimum atomic E-state index is 0.0868. The van der Waals surface area contributed by atoms with E-state index in [0.29, 0.717) is 6.54 Å². The first-order chi connectivity index (χ1) is 10.1. The monoisotopic (exact) mass is 307 g/mol. The Labute approximate surface area is 130 Å². The molecule has 21 heavy (non-hydrogen) atoms. The molecule has 3 rings (SSSR count). The van der Waals surface area contributed by atoms with Crippen LogP contribution in [-0.2, 0) is 17.6 Å². The minimum absolute atomic E-state index is 0.0868. The van der Waals surface area contributed by atoms with Gasteiger partial charge in [0.05, 0.1) is 12.2 Å². The Balaban J connectivity index is 1.53. The predicted molar refractivity (Wildman–Crippen MR) is 86.8 cm³/mol. The second-order valence-electron chi connectivity index (χ2n) is 6.74. The summed E-state index contributed by atoms with van der Waals surface area (Å²) >= 11 is 1.67. The molecule has 1 saturated heterocycles. The van der Waals surface area contributed by atoms with E-state index in [-0.39, 0.29) is 5.91 Å². The second-order valence-corrected chi connectivity index (χ2v) is 7.83. The Hall–Kier alpha value is -0.940. The highest BCUT2D eigenvalue weighted by Crippen LogP contribution is 2.32. The maximum atomic E-state index is 12.2. The number of nitrogens with one attached hydrogen (secondary N) is 1. The maximum Gasteiger partial charge on any atom is 0.240 e. The fourth-order valence-corrected chi connectivity index (χ4v) is 4.36. The van der Waals surface area contributed by atoms with Crippen molar-refractivity contribution in [2.45, 2.75) is 46.0 Å². The molecule has 1 aromatic heterocycles. The van der Waals surface area contributed by atoms with Crippen LogP contribution in [0.2, 0.25) is 0 Å². The van der Waals surface area contributed by atoms with Crippen LogP contribution in [0.3, 0.4) is 0 Å². The van der Waals surface area contributed by atoms with E-state index >= 15 is 0 Å². The zero-order valence-electron chi connectivity index (χ0n) is 13.0. The van der Waals surface area contributed by atoms with Gasteiger partial charge in [0.2, 0.25) is 5.91 Å². The molecule has 1 aliphatic heterocycles. The first kappa shape index (κ1) is 15.0. The summed E-state index contributed by atoms with van der Waals surface area (Å²) in [7, 11) is 0. The lowest BCUT2D eigenvalue weighted by Gasteiger charge is -2.29. The number of aromatic nitrogens is 1. The third kappa shape index (κ3) is 3.83. The molecule has 1 amide bonds. The molecule has 5 heteroatoms. The van der Waals surface area contributed by atoms with E-state index in [0.717, 1.165) is 42.9 Å². The number of carbonyl (C=O) groups excluding carboxylic acids is 1. The molecule has 2 aliphatic rings. The number of rotatable bonds is 3. The summed E-state index contributed by atoms with van der Waals surface area (Å²) in [6, 6.07) is 0. The van der Waals surface area contributed by atoms with Gasteiger partial charge in [0.1, 0.15) is 0 Å². The normalized spacial score (nSPS) is 23.8. The summed E-state index contributed by atoms with van der Waals surface area (Å²) in [6.07, 6.45) is 5.81. The van der Waals surface area contributed by atoms with Crippen LogP contribution >= 0.6 is 11.3 Å². The molecule has 1 aliphatic carbocycles. The number of anilines is 1. The van der Waals surface area contributed by atoms with Gasteiger partial charge in [-0.25, -0.2) is 4.98 Å². The van der Waals surface area contributed by atoms with Gasteiger partial charge >= 0.3 is 0 Å². The fourth-order valence-electron chi connectivity index (χ4n) is 3.18. The van der Waals surface area contributed by atoms with Gasteiger partial charge < -0.3 is 5.32 Å². The van der Waals surface area contributed by atoms with E-state index in [2.05, 4.69) is 29.0 Å². The summed E-state index contributed by atoms with van der Waals surface area (Å²) in [6.45, 7) is 7.17. The number of fused-ring (bicyclic) bond motifs is 1. The molecule has 1 N–H and O–H groups in total. The van der Waals surface area contributed by atoms with Gasteiger partial charge in [0.15, 0.2) is 5.13 Å². The lowest BCUT2D eigenvalue weighted by Crippen LogP contribution is -2.38. The average Bonchev–Trinajstić information content (AvgIpc) is 2.82. The van der Waals surface area contributed by atoms with E-state index in [1.807, 2.05) is 0 Å². The summed E-state index contributed by atoms with van der Waals surface area (Å²) < 4.78 is 0. The number of piperidine rings is 1. The van der Waals surface area contributed by atoms with Crippen molar-refractivity contribution in [2.24, 2.45) is 11.8 Å². The summed E-state index contributed by atoms with van der Waals surface area (Å²) in [5.74, 6) is 1.64. The molecule has 116 valence electrons. The number of aryl methyl sites for hydroxylation is 1. The van der Waals surface area contributed by atoms with Gasteiger partial charge in [-0.05, 0) is 57.0 Å². The largest absolute Gasteiger partial charge is 0.301 e. The Morgan fingerprint density at radius 2 is 2.05 bits per heavy atom. The Bertz CT molecular complexity index is 506. The summed E-state index contributed by atoms with van der Waals surface area (Å²) in [4.78, 5) is 20.4. The van der Waals surface area contributed by atoms with E-state index < -0.39 is 0 Å². The molecule has 1 fully saturated rings. The van der Waals surface area contributed by atoms with Crippen molar-refractivity contribution < 1.29 is 4.79 Å². The molecule has 4 nitrogen and oxygen atoms in total. The van der Waals surface area contributed by atoms with Gasteiger partial charge in [-0.3, -0.25) is 9.69 Å². The van der Waals surface area contributed by atoms with Crippen LogP contribution < -0.4 is 5.32 Å². The van der Waals surface area contributed by atoms with Crippen LogP contribution in [0.5, 0.6) is 0 Å². The van der Waals surface area contributed by atoms with E-state index in [1.54, 1.807) is 11.3 Å².